The summed E-state index contributed by atoms with van der Waals surface area (Å²) >= 11 is 0. The minimum absolute atomic E-state index is 0.0243. The molecule has 6 nitrogen and oxygen atoms in total. The second kappa shape index (κ2) is 3.82. The van der Waals surface area contributed by atoms with Gasteiger partial charge in [-0.2, -0.15) is 0 Å². The summed E-state index contributed by atoms with van der Waals surface area (Å²) in [6.45, 7) is 1.67. The van der Waals surface area contributed by atoms with Crippen LogP contribution in [0.4, 0.5) is 5.69 Å². The molecule has 0 radical (unpaired) electrons. The second-order valence-electron chi connectivity index (χ2n) is 3.57. The van der Waals surface area contributed by atoms with Crippen LogP contribution in [0.15, 0.2) is 24.3 Å². The Bertz CT molecular complexity index is 637. The molecule has 1 N–H and O–H groups in total. The Hall–Kier alpha value is -2.50. The van der Waals surface area contributed by atoms with E-state index in [9.17, 15) is 14.9 Å². The van der Waals surface area contributed by atoms with Gasteiger partial charge in [0, 0.05) is 23.2 Å². The Morgan fingerprint density at radius 1 is 1.41 bits per heavy atom. The Kier molecular flexibility index (Phi) is 2.47. The number of non-ortho nitro benzene ring substituents is 1. The van der Waals surface area contributed by atoms with Crippen molar-refractivity contribution in [2.45, 2.75) is 6.92 Å². The maximum atomic E-state index is 11.1. The van der Waals surface area contributed by atoms with E-state index in [1.807, 2.05) is 0 Å². The Labute approximate surface area is 95.7 Å². The SMILES string of the molecule is Cc1cc(C(=O)O)c2cc([N+](=O)[O-])ccc2n1. The van der Waals surface area contributed by atoms with Crippen molar-refractivity contribution >= 4 is 22.6 Å². The third-order valence-corrected chi connectivity index (χ3v) is 2.36. The first-order valence-corrected chi connectivity index (χ1v) is 4.78. The summed E-state index contributed by atoms with van der Waals surface area (Å²) in [5.74, 6) is -1.12. The predicted molar refractivity (Wildman–Crippen MR) is 60.1 cm³/mol. The van der Waals surface area contributed by atoms with Crippen LogP contribution in [0.2, 0.25) is 0 Å². The summed E-state index contributed by atoms with van der Waals surface area (Å²) in [6, 6.07) is 5.38. The molecule has 0 aliphatic carbocycles. The maximum Gasteiger partial charge on any atom is 0.336 e. The highest BCUT2D eigenvalue weighted by Crippen LogP contribution is 2.23. The number of pyridine rings is 1. The first-order chi connectivity index (χ1) is 7.99. The zero-order valence-corrected chi connectivity index (χ0v) is 8.88. The van der Waals surface area contributed by atoms with Gasteiger partial charge in [-0.05, 0) is 19.1 Å². The summed E-state index contributed by atoms with van der Waals surface area (Å²) < 4.78 is 0. The van der Waals surface area contributed by atoms with Gasteiger partial charge in [-0.15, -0.1) is 0 Å². The first-order valence-electron chi connectivity index (χ1n) is 4.78. The molecule has 0 saturated heterocycles. The van der Waals surface area contributed by atoms with Crippen molar-refractivity contribution in [3.05, 3.63) is 45.6 Å². The second-order valence-corrected chi connectivity index (χ2v) is 3.57. The van der Waals surface area contributed by atoms with Crippen LogP contribution in [-0.4, -0.2) is 21.0 Å². The lowest BCUT2D eigenvalue weighted by molar-refractivity contribution is -0.384. The number of fused-ring (bicyclic) bond motifs is 1. The molecule has 2 aromatic rings. The Morgan fingerprint density at radius 2 is 2.12 bits per heavy atom. The fraction of sp³-hybridized carbons (Fsp3) is 0.0909. The van der Waals surface area contributed by atoms with Gasteiger partial charge in [0.2, 0.25) is 0 Å². The van der Waals surface area contributed by atoms with E-state index in [-0.39, 0.29) is 16.6 Å². The number of carbonyl (C=O) groups is 1. The van der Waals surface area contributed by atoms with Gasteiger partial charge in [-0.25, -0.2) is 4.79 Å². The van der Waals surface area contributed by atoms with Crippen molar-refractivity contribution in [1.29, 1.82) is 0 Å². The highest BCUT2D eigenvalue weighted by atomic mass is 16.6. The van der Waals surface area contributed by atoms with Crippen molar-refractivity contribution in [2.75, 3.05) is 0 Å². The van der Waals surface area contributed by atoms with Crippen LogP contribution in [0, 0.1) is 17.0 Å². The molecule has 1 heterocycles. The molecule has 2 rings (SSSR count). The van der Waals surface area contributed by atoms with E-state index in [0.717, 1.165) is 0 Å². The quantitative estimate of drug-likeness (QED) is 0.632. The smallest absolute Gasteiger partial charge is 0.336 e. The van der Waals surface area contributed by atoms with Crippen molar-refractivity contribution in [3.63, 3.8) is 0 Å². The van der Waals surface area contributed by atoms with E-state index < -0.39 is 10.9 Å². The van der Waals surface area contributed by atoms with E-state index in [1.165, 1.54) is 24.3 Å². The highest BCUT2D eigenvalue weighted by Gasteiger charge is 2.14. The Balaban J connectivity index is 2.82. The van der Waals surface area contributed by atoms with E-state index in [1.54, 1.807) is 6.92 Å². The molecular weight excluding hydrogens is 224 g/mol. The lowest BCUT2D eigenvalue weighted by atomic mass is 10.1. The molecule has 0 aliphatic rings. The number of nitro benzene ring substituents is 1. The van der Waals surface area contributed by atoms with Gasteiger partial charge in [0.15, 0.2) is 0 Å². The topological polar surface area (TPSA) is 93.3 Å². The van der Waals surface area contributed by atoms with Crippen LogP contribution in [-0.2, 0) is 0 Å². The molecule has 0 aliphatic heterocycles. The van der Waals surface area contributed by atoms with Gasteiger partial charge in [-0.1, -0.05) is 0 Å². The molecule has 0 atom stereocenters. The van der Waals surface area contributed by atoms with Crippen LogP contribution in [0.25, 0.3) is 10.9 Å². The first kappa shape index (κ1) is 11.0. The number of nitrogens with zero attached hydrogens (tertiary/aromatic N) is 2. The molecule has 0 saturated carbocycles. The highest BCUT2D eigenvalue weighted by molar-refractivity contribution is 6.03. The van der Waals surface area contributed by atoms with Crippen molar-refractivity contribution in [1.82, 2.24) is 4.98 Å². The number of rotatable bonds is 2. The van der Waals surface area contributed by atoms with Gasteiger partial charge < -0.3 is 5.11 Å². The zero-order valence-electron chi connectivity index (χ0n) is 8.88. The number of carboxylic acids is 1. The normalized spacial score (nSPS) is 10.4. The standard InChI is InChI=1S/C11H8N2O4/c1-6-4-9(11(14)15)8-5-7(13(16)17)2-3-10(8)12-6/h2-5H,1H3,(H,14,15). The largest absolute Gasteiger partial charge is 0.478 e. The maximum absolute atomic E-state index is 11.1. The molecule has 0 amide bonds. The van der Waals surface area contributed by atoms with Gasteiger partial charge >= 0.3 is 5.97 Å². The Morgan fingerprint density at radius 3 is 2.71 bits per heavy atom. The van der Waals surface area contributed by atoms with Crippen molar-refractivity contribution in [2.24, 2.45) is 0 Å². The van der Waals surface area contributed by atoms with Crippen LogP contribution >= 0.6 is 0 Å². The van der Waals surface area contributed by atoms with Crippen LogP contribution < -0.4 is 0 Å². The lowest BCUT2D eigenvalue weighted by Crippen LogP contribution is -2.00. The monoisotopic (exact) mass is 232 g/mol. The molecule has 0 bridgehead atoms. The number of aromatic nitrogens is 1. The predicted octanol–water partition coefficient (Wildman–Crippen LogP) is 2.15. The van der Waals surface area contributed by atoms with Gasteiger partial charge in [-0.3, -0.25) is 15.1 Å². The average Bonchev–Trinajstić information content (AvgIpc) is 2.26. The van der Waals surface area contributed by atoms with Crippen LogP contribution in [0.1, 0.15) is 16.1 Å². The summed E-state index contributed by atoms with van der Waals surface area (Å²) in [4.78, 5) is 25.2. The summed E-state index contributed by atoms with van der Waals surface area (Å²) in [5.41, 5.74) is 0.874. The van der Waals surface area contributed by atoms with Gasteiger partial charge in [0.05, 0.1) is 16.0 Å². The molecule has 1 aromatic heterocycles. The minimum atomic E-state index is -1.12. The average molecular weight is 232 g/mol. The van der Waals surface area contributed by atoms with Crippen LogP contribution in [0.5, 0.6) is 0 Å². The molecule has 0 spiro atoms. The number of aryl methyl sites for hydroxylation is 1. The molecule has 6 heteroatoms. The van der Waals surface area contributed by atoms with Crippen molar-refractivity contribution < 1.29 is 14.8 Å². The number of benzene rings is 1. The fourth-order valence-corrected chi connectivity index (χ4v) is 1.64. The lowest BCUT2D eigenvalue weighted by Gasteiger charge is -2.03. The number of hydrogen-bond donors (Lipinski definition) is 1. The zero-order chi connectivity index (χ0) is 12.6. The number of aromatic carboxylic acids is 1. The fourth-order valence-electron chi connectivity index (χ4n) is 1.64. The molecular formula is C11H8N2O4. The molecule has 0 fully saturated rings. The number of hydrogen-bond acceptors (Lipinski definition) is 4. The summed E-state index contributed by atoms with van der Waals surface area (Å²) in [5, 5.41) is 19.9. The summed E-state index contributed by atoms with van der Waals surface area (Å²) in [7, 11) is 0. The summed E-state index contributed by atoms with van der Waals surface area (Å²) in [6.07, 6.45) is 0. The molecule has 1 aromatic carbocycles. The van der Waals surface area contributed by atoms with E-state index in [4.69, 9.17) is 5.11 Å². The number of nitro groups is 1. The third kappa shape index (κ3) is 1.92. The molecule has 0 unspecified atom stereocenters. The van der Waals surface area contributed by atoms with Gasteiger partial charge in [0.1, 0.15) is 0 Å². The van der Waals surface area contributed by atoms with E-state index in [0.29, 0.717) is 11.2 Å². The molecule has 86 valence electrons. The third-order valence-electron chi connectivity index (χ3n) is 2.36. The van der Waals surface area contributed by atoms with Gasteiger partial charge in [0.25, 0.3) is 5.69 Å². The van der Waals surface area contributed by atoms with Crippen molar-refractivity contribution in [3.8, 4) is 0 Å². The number of carboxylic acid groups (broad SMARTS) is 1. The van der Waals surface area contributed by atoms with E-state index >= 15 is 0 Å². The molecule has 17 heavy (non-hydrogen) atoms. The van der Waals surface area contributed by atoms with E-state index in [2.05, 4.69) is 4.98 Å². The van der Waals surface area contributed by atoms with Crippen LogP contribution in [0.3, 0.4) is 0 Å². The minimum Gasteiger partial charge on any atom is -0.478 e.